The van der Waals surface area contributed by atoms with Crippen LogP contribution < -0.4 is 14.4 Å². The molecule has 16 rings (SSSR count). The van der Waals surface area contributed by atoms with E-state index in [-0.39, 0.29) is 10.8 Å². The molecule has 0 unspecified atom stereocenters. The van der Waals surface area contributed by atoms with Gasteiger partial charge >= 0.3 is 0 Å². The van der Waals surface area contributed by atoms with Crippen LogP contribution in [0.5, 0.6) is 23.0 Å². The van der Waals surface area contributed by atoms with E-state index >= 15 is 0 Å². The van der Waals surface area contributed by atoms with E-state index in [1.54, 1.807) is 0 Å². The Kier molecular flexibility index (Phi) is 9.68. The summed E-state index contributed by atoms with van der Waals surface area (Å²) in [6, 6.07) is 90.5. The van der Waals surface area contributed by atoms with Crippen LogP contribution >= 0.6 is 0 Å². The summed E-state index contributed by atoms with van der Waals surface area (Å²) in [4.78, 5) is 2.55. The average Bonchev–Trinajstić information content (AvgIpc) is 2.42. The van der Waals surface area contributed by atoms with Crippen molar-refractivity contribution in [1.29, 1.82) is 0 Å². The predicted molar refractivity (Wildman–Crippen MR) is 328 cm³/mol. The van der Waals surface area contributed by atoms with Gasteiger partial charge in [0.1, 0.15) is 23.0 Å². The van der Waals surface area contributed by atoms with Crippen LogP contribution in [0.4, 0.5) is 17.1 Å². The smallest absolute Gasteiger partial charge is 0.132 e. The fourth-order valence-electron chi connectivity index (χ4n) is 14.5. The second kappa shape index (κ2) is 16.6. The lowest BCUT2D eigenvalue weighted by Crippen LogP contribution is -2.33. The molecule has 80 heavy (non-hydrogen) atoms. The van der Waals surface area contributed by atoms with Gasteiger partial charge in [-0.15, -0.1) is 0 Å². The molecule has 11 aromatic carbocycles. The zero-order chi connectivity index (χ0) is 53.9. The van der Waals surface area contributed by atoms with Gasteiger partial charge in [-0.2, -0.15) is 0 Å². The van der Waals surface area contributed by atoms with Crippen LogP contribution in [0.2, 0.25) is 0 Å². The van der Waals surface area contributed by atoms with Crippen LogP contribution in [0.15, 0.2) is 243 Å². The number of aromatic nitrogens is 1. The maximum atomic E-state index is 7.11. The molecule has 2 aliphatic carbocycles. The van der Waals surface area contributed by atoms with Crippen molar-refractivity contribution >= 4 is 38.9 Å². The molecule has 2 spiro atoms. The lowest BCUT2D eigenvalue weighted by Gasteiger charge is -2.41. The fourth-order valence-corrected chi connectivity index (χ4v) is 14.5. The number of para-hydroxylation sites is 4. The third-order valence-electron chi connectivity index (χ3n) is 18.0. The molecular weight excluding hydrogens is 973 g/mol. The number of rotatable bonds is 4. The number of anilines is 3. The molecule has 0 saturated heterocycles. The Bertz CT molecular complexity index is 4440. The van der Waals surface area contributed by atoms with Gasteiger partial charge in [-0.05, 0) is 146 Å². The van der Waals surface area contributed by atoms with Crippen molar-refractivity contribution in [2.24, 2.45) is 0 Å². The van der Waals surface area contributed by atoms with Gasteiger partial charge < -0.3 is 18.9 Å². The Hall–Kier alpha value is -9.38. The average molecular weight is 1030 g/mol. The summed E-state index contributed by atoms with van der Waals surface area (Å²) < 4.78 is 16.4. The highest BCUT2D eigenvalue weighted by Crippen LogP contribution is 2.66. The van der Waals surface area contributed by atoms with E-state index in [1.807, 2.05) is 0 Å². The quantitative estimate of drug-likeness (QED) is 0.176. The molecule has 0 amide bonds. The second-order valence-electron chi connectivity index (χ2n) is 24.4. The highest BCUT2D eigenvalue weighted by molar-refractivity contribution is 6.09. The minimum absolute atomic E-state index is 0.110. The number of hydrogen-bond acceptors (Lipinski definition) is 3. The summed E-state index contributed by atoms with van der Waals surface area (Å²) in [5.41, 5.74) is 22.0. The molecule has 0 radical (unpaired) electrons. The monoisotopic (exact) mass is 1030 g/mol. The van der Waals surface area contributed by atoms with E-state index in [2.05, 4.69) is 294 Å². The standard InChI is InChI=1S/C76H58N2O2/c1-73(2,3)47-37-41-70-63(43-47)76(64-44-48(74(4,5)6)38-42-71(64)80-70)58-28-12-8-26-56(58)72-61(76)31-20-34-67(72)77(49-21-19-22-50(45-49)78-65-32-15-9-24-54(65)55-25-10-16-33-66(55)78)51-39-40-53-52-23-7-11-27-57(52)75(62(53)46-51)59-29-13-17-35-68(59)79-69-36-18-14-30-60(69)75/h7-46H,1-6H3. The summed E-state index contributed by atoms with van der Waals surface area (Å²) in [5.74, 6) is 3.52. The Morgan fingerprint density at radius 3 is 1.41 bits per heavy atom. The molecule has 3 heterocycles. The molecule has 384 valence electrons. The molecule has 12 aromatic rings. The fraction of sp³-hybridized carbons (Fsp3) is 0.132. The molecular formula is C76H58N2O2. The summed E-state index contributed by atoms with van der Waals surface area (Å²) in [5, 5.41) is 2.46. The molecule has 0 N–H and O–H groups in total. The van der Waals surface area contributed by atoms with Crippen molar-refractivity contribution in [1.82, 2.24) is 4.57 Å². The number of nitrogens with zero attached hydrogens (tertiary/aromatic N) is 2. The minimum Gasteiger partial charge on any atom is -0.457 e. The normalized spacial score (nSPS) is 14.5. The first kappa shape index (κ1) is 46.7. The largest absolute Gasteiger partial charge is 0.457 e. The van der Waals surface area contributed by atoms with Crippen LogP contribution in [-0.4, -0.2) is 4.57 Å². The maximum Gasteiger partial charge on any atom is 0.132 e. The SMILES string of the molecule is CC(C)(C)c1ccc2c(c1)C1(c3cc(C(C)(C)C)ccc3O2)c2ccccc2-c2c(N(c3cccc(-n4c5ccccc5c5ccccc54)c3)c3ccc4c(c3)C3(c5ccccc5Oc5ccccc53)c3ccccc3-4)cccc21. The third-order valence-corrected chi connectivity index (χ3v) is 18.0. The maximum absolute atomic E-state index is 7.11. The zero-order valence-corrected chi connectivity index (χ0v) is 45.8. The summed E-state index contributed by atoms with van der Waals surface area (Å²) >= 11 is 0. The molecule has 0 saturated carbocycles. The van der Waals surface area contributed by atoms with Gasteiger partial charge in [0.05, 0.1) is 27.6 Å². The van der Waals surface area contributed by atoms with Crippen molar-refractivity contribution in [3.8, 4) is 50.9 Å². The first-order valence-electron chi connectivity index (χ1n) is 28.2. The van der Waals surface area contributed by atoms with Crippen molar-refractivity contribution in [2.45, 2.75) is 63.2 Å². The van der Waals surface area contributed by atoms with Gasteiger partial charge in [0.15, 0.2) is 0 Å². The summed E-state index contributed by atoms with van der Waals surface area (Å²) in [6.07, 6.45) is 0. The first-order valence-corrected chi connectivity index (χ1v) is 28.2. The molecule has 2 aliphatic heterocycles. The van der Waals surface area contributed by atoms with Crippen LogP contribution in [-0.2, 0) is 21.7 Å². The molecule has 0 atom stereocenters. The van der Waals surface area contributed by atoms with Gasteiger partial charge in [0, 0.05) is 55.7 Å². The molecule has 0 fully saturated rings. The lowest BCUT2D eigenvalue weighted by molar-refractivity contribution is 0.433. The number of ether oxygens (including phenoxy) is 2. The lowest BCUT2D eigenvalue weighted by atomic mass is 9.64. The van der Waals surface area contributed by atoms with Crippen LogP contribution in [0.25, 0.3) is 49.7 Å². The van der Waals surface area contributed by atoms with E-state index in [0.29, 0.717) is 0 Å². The van der Waals surface area contributed by atoms with Crippen molar-refractivity contribution in [3.05, 3.63) is 298 Å². The van der Waals surface area contributed by atoms with E-state index in [0.717, 1.165) is 56.9 Å². The minimum atomic E-state index is -0.719. The van der Waals surface area contributed by atoms with Gasteiger partial charge in [0.25, 0.3) is 0 Å². The molecule has 4 heteroatoms. The van der Waals surface area contributed by atoms with Crippen molar-refractivity contribution in [3.63, 3.8) is 0 Å². The van der Waals surface area contributed by atoms with Gasteiger partial charge in [-0.1, -0.05) is 199 Å². The van der Waals surface area contributed by atoms with Crippen LogP contribution in [0, 0.1) is 0 Å². The zero-order valence-electron chi connectivity index (χ0n) is 45.8. The Morgan fingerprint density at radius 2 is 0.800 bits per heavy atom. The summed E-state index contributed by atoms with van der Waals surface area (Å²) in [7, 11) is 0. The molecule has 1 aromatic heterocycles. The third kappa shape index (κ3) is 6.27. The van der Waals surface area contributed by atoms with Crippen molar-refractivity contribution in [2.75, 3.05) is 4.90 Å². The Morgan fingerprint density at radius 1 is 0.338 bits per heavy atom. The van der Waals surface area contributed by atoms with E-state index < -0.39 is 10.8 Å². The van der Waals surface area contributed by atoms with Crippen molar-refractivity contribution < 1.29 is 9.47 Å². The van der Waals surface area contributed by atoms with Gasteiger partial charge in [-0.3, -0.25) is 0 Å². The topological polar surface area (TPSA) is 26.6 Å². The predicted octanol–water partition coefficient (Wildman–Crippen LogP) is 19.8. The number of hydrogen-bond donors (Lipinski definition) is 0. The highest BCUT2D eigenvalue weighted by Gasteiger charge is 2.54. The van der Waals surface area contributed by atoms with Gasteiger partial charge in [0.2, 0.25) is 0 Å². The number of benzene rings is 11. The van der Waals surface area contributed by atoms with E-state index in [1.165, 1.54) is 88.6 Å². The van der Waals surface area contributed by atoms with Crippen LogP contribution in [0.3, 0.4) is 0 Å². The molecule has 4 nitrogen and oxygen atoms in total. The molecule has 0 bridgehead atoms. The Labute approximate surface area is 467 Å². The second-order valence-corrected chi connectivity index (χ2v) is 24.4. The number of fused-ring (bicyclic) bond motifs is 21. The Balaban J connectivity index is 1.02. The first-order chi connectivity index (χ1) is 38.9. The van der Waals surface area contributed by atoms with Gasteiger partial charge in [-0.25, -0.2) is 0 Å². The highest BCUT2D eigenvalue weighted by atomic mass is 16.5. The molecule has 4 aliphatic rings. The summed E-state index contributed by atoms with van der Waals surface area (Å²) in [6.45, 7) is 13.9. The van der Waals surface area contributed by atoms with Crippen LogP contribution in [0.1, 0.15) is 97.2 Å². The van der Waals surface area contributed by atoms with E-state index in [4.69, 9.17) is 9.47 Å². The van der Waals surface area contributed by atoms with E-state index in [9.17, 15) is 0 Å².